The van der Waals surface area contributed by atoms with Crippen LogP contribution in [0.15, 0.2) is 24.3 Å². The van der Waals surface area contributed by atoms with E-state index in [1.165, 1.54) is 0 Å². The molecular weight excluding hydrogens is 188 g/mol. The second-order valence-corrected chi connectivity index (χ2v) is 3.73. The molecule has 0 radical (unpaired) electrons. The average molecular weight is 204 g/mol. The lowest BCUT2D eigenvalue weighted by molar-refractivity contribution is 0.211. The molecule has 1 unspecified atom stereocenters. The molecule has 1 rings (SSSR count). The molecule has 80 valence electrons. The van der Waals surface area contributed by atoms with Crippen LogP contribution in [-0.2, 0) is 0 Å². The lowest BCUT2D eigenvalue weighted by Gasteiger charge is -2.23. The summed E-state index contributed by atoms with van der Waals surface area (Å²) in [5, 5.41) is 17.6. The minimum atomic E-state index is 0.169. The van der Waals surface area contributed by atoms with Gasteiger partial charge in [-0.25, -0.2) is 0 Å². The number of benzene rings is 1. The summed E-state index contributed by atoms with van der Waals surface area (Å²) in [5.41, 5.74) is 1.80. The molecule has 3 nitrogen and oxygen atoms in total. The highest BCUT2D eigenvalue weighted by Gasteiger charge is 2.12. The van der Waals surface area contributed by atoms with Gasteiger partial charge in [0.25, 0.3) is 0 Å². The number of aliphatic hydroxyl groups is 1. The van der Waals surface area contributed by atoms with Gasteiger partial charge in [0.2, 0.25) is 0 Å². The third-order valence-electron chi connectivity index (χ3n) is 2.45. The van der Waals surface area contributed by atoms with Crippen LogP contribution in [0.3, 0.4) is 0 Å². The molecule has 0 aliphatic carbocycles. The highest BCUT2D eigenvalue weighted by atomic mass is 16.3. The van der Waals surface area contributed by atoms with Crippen LogP contribution in [-0.4, -0.2) is 30.7 Å². The van der Waals surface area contributed by atoms with E-state index in [1.807, 2.05) is 38.4 Å². The first kappa shape index (κ1) is 11.7. The molecule has 0 spiro atoms. The SMILES string of the molecule is CN(C)C(CCO)c1ccc(C#N)cc1. The van der Waals surface area contributed by atoms with E-state index in [1.54, 1.807) is 0 Å². The van der Waals surface area contributed by atoms with E-state index in [2.05, 4.69) is 11.0 Å². The van der Waals surface area contributed by atoms with Crippen LogP contribution in [0.5, 0.6) is 0 Å². The van der Waals surface area contributed by atoms with Crippen molar-refractivity contribution in [2.24, 2.45) is 0 Å². The molecule has 0 aliphatic rings. The van der Waals surface area contributed by atoms with Crippen molar-refractivity contribution in [3.8, 4) is 6.07 Å². The predicted molar refractivity (Wildman–Crippen MR) is 59.3 cm³/mol. The summed E-state index contributed by atoms with van der Waals surface area (Å²) < 4.78 is 0. The molecule has 3 heteroatoms. The highest BCUT2D eigenvalue weighted by molar-refractivity contribution is 5.32. The van der Waals surface area contributed by atoms with Crippen molar-refractivity contribution in [2.75, 3.05) is 20.7 Å². The number of nitrogens with zero attached hydrogens (tertiary/aromatic N) is 2. The van der Waals surface area contributed by atoms with Crippen LogP contribution in [0.25, 0.3) is 0 Å². The van der Waals surface area contributed by atoms with Crippen molar-refractivity contribution in [3.05, 3.63) is 35.4 Å². The van der Waals surface area contributed by atoms with Gasteiger partial charge in [-0.3, -0.25) is 0 Å². The molecule has 1 N–H and O–H groups in total. The van der Waals surface area contributed by atoms with Crippen LogP contribution in [0.1, 0.15) is 23.6 Å². The fourth-order valence-electron chi connectivity index (χ4n) is 1.63. The third-order valence-corrected chi connectivity index (χ3v) is 2.45. The van der Waals surface area contributed by atoms with Crippen LogP contribution >= 0.6 is 0 Å². The van der Waals surface area contributed by atoms with Gasteiger partial charge in [-0.2, -0.15) is 5.26 Å². The Morgan fingerprint density at radius 3 is 2.33 bits per heavy atom. The average Bonchev–Trinajstić information content (AvgIpc) is 2.26. The van der Waals surface area contributed by atoms with E-state index in [4.69, 9.17) is 10.4 Å². The largest absolute Gasteiger partial charge is 0.396 e. The van der Waals surface area contributed by atoms with E-state index in [9.17, 15) is 0 Å². The normalized spacial score (nSPS) is 12.5. The zero-order chi connectivity index (χ0) is 11.3. The third kappa shape index (κ3) is 3.05. The second kappa shape index (κ2) is 5.50. The summed E-state index contributed by atoms with van der Waals surface area (Å²) in [6, 6.07) is 9.81. The standard InChI is InChI=1S/C12H16N2O/c1-14(2)12(7-8-15)11-5-3-10(9-13)4-6-11/h3-6,12,15H,7-8H2,1-2H3. The monoisotopic (exact) mass is 204 g/mol. The van der Waals surface area contributed by atoms with Crippen molar-refractivity contribution in [3.63, 3.8) is 0 Å². The van der Waals surface area contributed by atoms with E-state index in [0.717, 1.165) is 5.56 Å². The van der Waals surface area contributed by atoms with Gasteiger partial charge in [-0.1, -0.05) is 12.1 Å². The van der Waals surface area contributed by atoms with Crippen molar-refractivity contribution in [1.29, 1.82) is 5.26 Å². The smallest absolute Gasteiger partial charge is 0.0991 e. The number of rotatable bonds is 4. The van der Waals surface area contributed by atoms with E-state index >= 15 is 0 Å². The van der Waals surface area contributed by atoms with Crippen LogP contribution in [0, 0.1) is 11.3 Å². The van der Waals surface area contributed by atoms with Crippen molar-refractivity contribution < 1.29 is 5.11 Å². The Morgan fingerprint density at radius 1 is 1.33 bits per heavy atom. The molecule has 0 aliphatic heterocycles. The van der Waals surface area contributed by atoms with Gasteiger partial charge in [0.1, 0.15) is 0 Å². The Balaban J connectivity index is 2.87. The molecule has 15 heavy (non-hydrogen) atoms. The van der Waals surface area contributed by atoms with Gasteiger partial charge in [0.05, 0.1) is 11.6 Å². The van der Waals surface area contributed by atoms with Crippen molar-refractivity contribution in [2.45, 2.75) is 12.5 Å². The molecule has 0 saturated heterocycles. The maximum absolute atomic E-state index is 8.97. The second-order valence-electron chi connectivity index (χ2n) is 3.73. The van der Waals surface area contributed by atoms with Crippen LogP contribution in [0.4, 0.5) is 0 Å². The number of hydrogen-bond acceptors (Lipinski definition) is 3. The first-order chi connectivity index (χ1) is 7.19. The minimum absolute atomic E-state index is 0.169. The maximum Gasteiger partial charge on any atom is 0.0991 e. The van der Waals surface area contributed by atoms with Gasteiger partial charge >= 0.3 is 0 Å². The Kier molecular flexibility index (Phi) is 4.29. The van der Waals surface area contributed by atoms with E-state index in [-0.39, 0.29) is 12.6 Å². The quantitative estimate of drug-likeness (QED) is 0.809. The summed E-state index contributed by atoms with van der Waals surface area (Å²) in [5.74, 6) is 0. The topological polar surface area (TPSA) is 47.3 Å². The van der Waals surface area contributed by atoms with Gasteiger partial charge in [-0.05, 0) is 38.2 Å². The Labute approximate surface area is 90.6 Å². The lowest BCUT2D eigenvalue weighted by Crippen LogP contribution is -2.20. The highest BCUT2D eigenvalue weighted by Crippen LogP contribution is 2.21. The first-order valence-corrected chi connectivity index (χ1v) is 4.96. The number of nitriles is 1. The van der Waals surface area contributed by atoms with Gasteiger partial charge in [-0.15, -0.1) is 0 Å². The fraction of sp³-hybridized carbons (Fsp3) is 0.417. The summed E-state index contributed by atoms with van der Waals surface area (Å²) in [7, 11) is 3.97. The summed E-state index contributed by atoms with van der Waals surface area (Å²) in [6.07, 6.45) is 0.707. The fourth-order valence-corrected chi connectivity index (χ4v) is 1.63. The Morgan fingerprint density at radius 2 is 1.93 bits per heavy atom. The summed E-state index contributed by atoms with van der Waals surface area (Å²) in [6.45, 7) is 0.169. The van der Waals surface area contributed by atoms with E-state index in [0.29, 0.717) is 12.0 Å². The number of aliphatic hydroxyl groups excluding tert-OH is 1. The molecule has 1 aromatic carbocycles. The van der Waals surface area contributed by atoms with Gasteiger partial charge < -0.3 is 10.0 Å². The summed E-state index contributed by atoms with van der Waals surface area (Å²) in [4.78, 5) is 2.07. The van der Waals surface area contributed by atoms with Crippen LogP contribution in [0.2, 0.25) is 0 Å². The van der Waals surface area contributed by atoms with Gasteiger partial charge in [0, 0.05) is 12.6 Å². The molecule has 0 fully saturated rings. The first-order valence-electron chi connectivity index (χ1n) is 4.96. The van der Waals surface area contributed by atoms with Crippen molar-refractivity contribution >= 4 is 0 Å². The molecule has 0 amide bonds. The maximum atomic E-state index is 8.97. The zero-order valence-corrected chi connectivity index (χ0v) is 9.14. The van der Waals surface area contributed by atoms with Crippen LogP contribution < -0.4 is 0 Å². The predicted octanol–water partition coefficient (Wildman–Crippen LogP) is 1.54. The Hall–Kier alpha value is -1.37. The number of hydrogen-bond donors (Lipinski definition) is 1. The molecular formula is C12H16N2O. The molecule has 1 atom stereocenters. The zero-order valence-electron chi connectivity index (χ0n) is 9.14. The molecule has 0 heterocycles. The van der Waals surface area contributed by atoms with E-state index < -0.39 is 0 Å². The van der Waals surface area contributed by atoms with Gasteiger partial charge in [0.15, 0.2) is 0 Å². The molecule has 1 aromatic rings. The Bertz CT molecular complexity index is 338. The van der Waals surface area contributed by atoms with Crippen molar-refractivity contribution in [1.82, 2.24) is 4.90 Å². The lowest BCUT2D eigenvalue weighted by atomic mass is 10.0. The minimum Gasteiger partial charge on any atom is -0.396 e. The molecule has 0 bridgehead atoms. The summed E-state index contributed by atoms with van der Waals surface area (Å²) >= 11 is 0. The molecule has 0 aromatic heterocycles. The molecule has 0 saturated carbocycles.